The number of carbonyl (C=O) groups excluding carboxylic acids is 1. The zero-order valence-corrected chi connectivity index (χ0v) is 19.2. The number of amides is 1. The van der Waals surface area contributed by atoms with E-state index in [4.69, 9.17) is 9.47 Å². The molecule has 0 radical (unpaired) electrons. The van der Waals surface area contributed by atoms with Gasteiger partial charge < -0.3 is 14.8 Å². The number of aryl methyl sites for hydroxylation is 3. The van der Waals surface area contributed by atoms with Gasteiger partial charge in [-0.2, -0.15) is 5.10 Å². The highest BCUT2D eigenvalue weighted by molar-refractivity contribution is 6.10. The molecular weight excluding hydrogens is 418 g/mol. The molecule has 0 saturated carbocycles. The van der Waals surface area contributed by atoms with Crippen LogP contribution in [0.25, 0.3) is 0 Å². The molecule has 1 aliphatic heterocycles. The standard InChI is InChI=1S/C25H29N5O3/c1-4-11-30-16-19(18(3)29-30)15-26-25(28-24(31)21-8-6-5-7-17(21)2)27-20-9-10-22-23(14-20)33-13-12-32-22/h5-10,14,16H,4,11-13,15H2,1-3H3,(H2,26,27,28,31). The second kappa shape index (κ2) is 10.2. The van der Waals surface area contributed by atoms with E-state index in [0.29, 0.717) is 42.8 Å². The van der Waals surface area contributed by atoms with Gasteiger partial charge in [-0.25, -0.2) is 4.99 Å². The minimum atomic E-state index is -0.227. The summed E-state index contributed by atoms with van der Waals surface area (Å²) < 4.78 is 13.2. The summed E-state index contributed by atoms with van der Waals surface area (Å²) in [6.07, 6.45) is 3.01. The van der Waals surface area contributed by atoms with Gasteiger partial charge in [-0.05, 0) is 44.0 Å². The lowest BCUT2D eigenvalue weighted by Gasteiger charge is -2.19. The van der Waals surface area contributed by atoms with Crippen molar-refractivity contribution in [1.82, 2.24) is 15.1 Å². The molecule has 1 aromatic heterocycles. The van der Waals surface area contributed by atoms with E-state index in [1.165, 1.54) is 0 Å². The fraction of sp³-hybridized carbons (Fsp3) is 0.320. The third kappa shape index (κ3) is 5.52. The molecule has 1 aliphatic rings. The molecule has 2 heterocycles. The van der Waals surface area contributed by atoms with Gasteiger partial charge in [0.25, 0.3) is 5.91 Å². The minimum absolute atomic E-state index is 0.227. The van der Waals surface area contributed by atoms with Crippen LogP contribution in [0.15, 0.2) is 53.7 Å². The monoisotopic (exact) mass is 447 g/mol. The first-order valence-electron chi connectivity index (χ1n) is 11.1. The Kier molecular flexibility index (Phi) is 6.92. The van der Waals surface area contributed by atoms with E-state index in [2.05, 4.69) is 27.6 Å². The van der Waals surface area contributed by atoms with Crippen LogP contribution in [0.4, 0.5) is 5.69 Å². The van der Waals surface area contributed by atoms with Crippen LogP contribution in [0.2, 0.25) is 0 Å². The molecule has 2 N–H and O–H groups in total. The molecule has 0 fully saturated rings. The summed E-state index contributed by atoms with van der Waals surface area (Å²) in [5.74, 6) is 1.48. The Balaban J connectivity index is 1.58. The lowest BCUT2D eigenvalue weighted by atomic mass is 10.1. The Morgan fingerprint density at radius 1 is 1.12 bits per heavy atom. The van der Waals surface area contributed by atoms with Crippen molar-refractivity contribution >= 4 is 17.6 Å². The first-order valence-corrected chi connectivity index (χ1v) is 11.1. The van der Waals surface area contributed by atoms with Crippen molar-refractivity contribution in [3.05, 3.63) is 71.0 Å². The highest BCUT2D eigenvalue weighted by Gasteiger charge is 2.15. The van der Waals surface area contributed by atoms with Crippen LogP contribution in [-0.4, -0.2) is 34.9 Å². The van der Waals surface area contributed by atoms with Crippen molar-refractivity contribution in [3.8, 4) is 11.5 Å². The van der Waals surface area contributed by atoms with Gasteiger partial charge in [0, 0.05) is 35.6 Å². The number of carbonyl (C=O) groups is 1. The molecule has 0 unspecified atom stereocenters. The molecule has 0 saturated heterocycles. The van der Waals surface area contributed by atoms with Crippen molar-refractivity contribution in [2.75, 3.05) is 18.5 Å². The average molecular weight is 448 g/mol. The smallest absolute Gasteiger partial charge is 0.258 e. The maximum atomic E-state index is 13.0. The van der Waals surface area contributed by atoms with Crippen LogP contribution in [-0.2, 0) is 13.1 Å². The molecule has 4 rings (SSSR count). The molecule has 0 aliphatic carbocycles. The highest BCUT2D eigenvalue weighted by Crippen LogP contribution is 2.32. The molecule has 0 spiro atoms. The Bertz CT molecular complexity index is 1170. The maximum Gasteiger partial charge on any atom is 0.258 e. The predicted molar refractivity (Wildman–Crippen MR) is 128 cm³/mol. The van der Waals surface area contributed by atoms with Gasteiger partial charge in [0.15, 0.2) is 11.5 Å². The first kappa shape index (κ1) is 22.4. The minimum Gasteiger partial charge on any atom is -0.486 e. The Hall–Kier alpha value is -3.81. The number of nitrogens with zero attached hydrogens (tertiary/aromatic N) is 3. The number of aliphatic imine (C=N–C) groups is 1. The quantitative estimate of drug-likeness (QED) is 0.439. The van der Waals surface area contributed by atoms with Crippen molar-refractivity contribution < 1.29 is 14.3 Å². The number of ether oxygens (including phenoxy) is 2. The van der Waals surface area contributed by atoms with Gasteiger partial charge >= 0.3 is 0 Å². The summed E-state index contributed by atoms with van der Waals surface area (Å²) in [7, 11) is 0. The maximum absolute atomic E-state index is 13.0. The molecular formula is C25H29N5O3. The van der Waals surface area contributed by atoms with Gasteiger partial charge in [-0.3, -0.25) is 14.8 Å². The van der Waals surface area contributed by atoms with Gasteiger partial charge in [0.2, 0.25) is 5.96 Å². The van der Waals surface area contributed by atoms with Gasteiger partial charge in [-0.15, -0.1) is 0 Å². The summed E-state index contributed by atoms with van der Waals surface area (Å²) in [5.41, 5.74) is 4.17. The molecule has 8 heteroatoms. The second-order valence-corrected chi connectivity index (χ2v) is 7.92. The third-order valence-electron chi connectivity index (χ3n) is 5.33. The third-order valence-corrected chi connectivity index (χ3v) is 5.33. The number of nitrogens with one attached hydrogen (secondary N) is 2. The summed E-state index contributed by atoms with van der Waals surface area (Å²) in [4.78, 5) is 17.7. The van der Waals surface area contributed by atoms with Gasteiger partial charge in [-0.1, -0.05) is 25.1 Å². The lowest BCUT2D eigenvalue weighted by molar-refractivity contribution is 0.0976. The highest BCUT2D eigenvalue weighted by atomic mass is 16.6. The fourth-order valence-electron chi connectivity index (χ4n) is 3.59. The van der Waals surface area contributed by atoms with Crippen LogP contribution in [0, 0.1) is 13.8 Å². The SMILES string of the molecule is CCCn1cc(CN=C(NC(=O)c2ccccc2C)Nc2ccc3c(c2)OCCO3)c(C)n1. The number of guanidine groups is 1. The fourth-order valence-corrected chi connectivity index (χ4v) is 3.59. The molecule has 0 bridgehead atoms. The first-order chi connectivity index (χ1) is 16.0. The van der Waals surface area contributed by atoms with E-state index in [9.17, 15) is 4.79 Å². The summed E-state index contributed by atoms with van der Waals surface area (Å²) in [6.45, 7) is 8.27. The topological polar surface area (TPSA) is 89.8 Å². The summed E-state index contributed by atoms with van der Waals surface area (Å²) in [5, 5.41) is 10.7. The van der Waals surface area contributed by atoms with Crippen LogP contribution in [0.1, 0.15) is 40.5 Å². The van der Waals surface area contributed by atoms with Gasteiger partial charge in [0.05, 0.1) is 12.2 Å². The number of anilines is 1. The number of rotatable bonds is 6. The van der Waals surface area contributed by atoms with E-state index >= 15 is 0 Å². The Labute approximate surface area is 193 Å². The second-order valence-electron chi connectivity index (χ2n) is 7.92. The predicted octanol–water partition coefficient (Wildman–Crippen LogP) is 4.08. The summed E-state index contributed by atoms with van der Waals surface area (Å²) in [6, 6.07) is 13.0. The zero-order chi connectivity index (χ0) is 23.2. The van der Waals surface area contributed by atoms with E-state index in [1.807, 2.05) is 61.1 Å². The summed E-state index contributed by atoms with van der Waals surface area (Å²) >= 11 is 0. The van der Waals surface area contributed by atoms with Crippen LogP contribution in [0.5, 0.6) is 11.5 Å². The molecule has 8 nitrogen and oxygen atoms in total. The number of benzene rings is 2. The van der Waals surface area contributed by atoms with Crippen molar-refractivity contribution in [2.24, 2.45) is 4.99 Å². The molecule has 33 heavy (non-hydrogen) atoms. The van der Waals surface area contributed by atoms with Crippen molar-refractivity contribution in [3.63, 3.8) is 0 Å². The van der Waals surface area contributed by atoms with E-state index < -0.39 is 0 Å². The van der Waals surface area contributed by atoms with Crippen LogP contribution in [0.3, 0.4) is 0 Å². The zero-order valence-electron chi connectivity index (χ0n) is 19.2. The van der Waals surface area contributed by atoms with Crippen LogP contribution < -0.4 is 20.1 Å². The largest absolute Gasteiger partial charge is 0.486 e. The van der Waals surface area contributed by atoms with E-state index in [0.717, 1.165) is 35.5 Å². The Morgan fingerprint density at radius 2 is 1.91 bits per heavy atom. The molecule has 172 valence electrons. The number of aromatic nitrogens is 2. The average Bonchev–Trinajstić information content (AvgIpc) is 3.16. The number of fused-ring (bicyclic) bond motifs is 1. The lowest BCUT2D eigenvalue weighted by Crippen LogP contribution is -2.36. The van der Waals surface area contributed by atoms with E-state index in [-0.39, 0.29) is 5.91 Å². The molecule has 3 aromatic rings. The molecule has 1 amide bonds. The van der Waals surface area contributed by atoms with Crippen molar-refractivity contribution in [2.45, 2.75) is 40.3 Å². The molecule has 2 aromatic carbocycles. The number of hydrogen-bond acceptors (Lipinski definition) is 5. The normalized spacial score (nSPS) is 13.0. The number of hydrogen-bond donors (Lipinski definition) is 2. The van der Waals surface area contributed by atoms with E-state index in [1.54, 1.807) is 6.07 Å². The Morgan fingerprint density at radius 3 is 2.70 bits per heavy atom. The van der Waals surface area contributed by atoms with Crippen LogP contribution >= 0.6 is 0 Å². The van der Waals surface area contributed by atoms with Gasteiger partial charge in [0.1, 0.15) is 13.2 Å². The molecule has 0 atom stereocenters. The van der Waals surface area contributed by atoms with Crippen molar-refractivity contribution in [1.29, 1.82) is 0 Å².